The van der Waals surface area contributed by atoms with Gasteiger partial charge in [-0.05, 0) is 55.8 Å². The van der Waals surface area contributed by atoms with E-state index in [1.54, 1.807) is 0 Å². The van der Waals surface area contributed by atoms with Gasteiger partial charge in [-0.2, -0.15) is 0 Å². The Labute approximate surface area is 115 Å². The normalized spacial score (nSPS) is 55.7. The van der Waals surface area contributed by atoms with Crippen molar-refractivity contribution in [1.82, 2.24) is 0 Å². The molecule has 0 bridgehead atoms. The quantitative estimate of drug-likeness (QED) is 0.490. The molecule has 2 heteroatoms. The van der Waals surface area contributed by atoms with Crippen LogP contribution in [-0.2, 0) is 9.53 Å². The predicted octanol–water partition coefficient (Wildman–Crippen LogP) is 3.71. The summed E-state index contributed by atoms with van der Waals surface area (Å²) in [6.45, 7) is 8.95. The van der Waals surface area contributed by atoms with Crippen LogP contribution in [0.25, 0.3) is 0 Å². The molecule has 1 heterocycles. The van der Waals surface area contributed by atoms with Crippen LogP contribution >= 0.6 is 0 Å². The van der Waals surface area contributed by atoms with Gasteiger partial charge in [0.25, 0.3) is 0 Å². The van der Waals surface area contributed by atoms with E-state index in [9.17, 15) is 4.79 Å². The Hall–Kier alpha value is -0.790. The van der Waals surface area contributed by atoms with Crippen LogP contribution in [0.4, 0.5) is 0 Å². The summed E-state index contributed by atoms with van der Waals surface area (Å²) in [5, 5.41) is 0. The lowest BCUT2D eigenvalue weighted by Crippen LogP contribution is -2.44. The first-order valence-corrected chi connectivity index (χ1v) is 7.86. The van der Waals surface area contributed by atoms with Crippen LogP contribution < -0.4 is 0 Å². The van der Waals surface area contributed by atoms with Crippen LogP contribution in [0.3, 0.4) is 0 Å². The lowest BCUT2D eigenvalue weighted by Gasteiger charge is -2.50. The van der Waals surface area contributed by atoms with Crippen molar-refractivity contribution in [3.8, 4) is 0 Å². The molecule has 4 aliphatic rings. The predicted molar refractivity (Wildman–Crippen MR) is 73.4 cm³/mol. The summed E-state index contributed by atoms with van der Waals surface area (Å²) in [6.07, 6.45) is 7.21. The molecular formula is C17H24O2. The van der Waals surface area contributed by atoms with Crippen LogP contribution in [0, 0.1) is 28.6 Å². The fourth-order valence-corrected chi connectivity index (χ4v) is 5.58. The highest BCUT2D eigenvalue weighted by Crippen LogP contribution is 2.69. The Kier molecular flexibility index (Phi) is 2.18. The molecule has 0 aromatic rings. The lowest BCUT2D eigenvalue weighted by molar-refractivity contribution is -0.147. The van der Waals surface area contributed by atoms with Gasteiger partial charge >= 0.3 is 5.97 Å². The monoisotopic (exact) mass is 260 g/mol. The Bertz CT molecular complexity index is 468. The van der Waals surface area contributed by atoms with E-state index in [2.05, 4.69) is 20.4 Å². The molecule has 0 radical (unpaired) electrons. The van der Waals surface area contributed by atoms with E-state index in [1.807, 2.05) is 0 Å². The molecule has 1 aliphatic heterocycles. The molecule has 104 valence electrons. The molecule has 3 aliphatic carbocycles. The zero-order chi connectivity index (χ0) is 13.4. The van der Waals surface area contributed by atoms with Gasteiger partial charge in [0.05, 0.1) is 5.41 Å². The number of allylic oxidation sites excluding steroid dienone is 1. The Morgan fingerprint density at radius 3 is 2.79 bits per heavy atom. The van der Waals surface area contributed by atoms with Gasteiger partial charge in [-0.3, -0.25) is 4.79 Å². The standard InChI is InChI=1S/C17H24O2/c1-10-5-4-6-16(3)9-14-13(7-12(10)16)17(8-11(17)2)15(18)19-14/h11-14H,1,4-9H2,2-3H3/t11-,12+,13+,14-,16-,17?/m1/s1. The second kappa shape index (κ2) is 3.45. The summed E-state index contributed by atoms with van der Waals surface area (Å²) in [4.78, 5) is 12.3. The molecule has 1 unspecified atom stereocenters. The smallest absolute Gasteiger partial charge is 0.313 e. The number of hydrogen-bond donors (Lipinski definition) is 0. The van der Waals surface area contributed by atoms with E-state index in [-0.39, 0.29) is 17.5 Å². The second-order valence-electron chi connectivity index (χ2n) is 7.85. The lowest BCUT2D eigenvalue weighted by atomic mass is 9.54. The third kappa shape index (κ3) is 1.35. The molecule has 19 heavy (non-hydrogen) atoms. The molecule has 0 aromatic carbocycles. The van der Waals surface area contributed by atoms with E-state index in [0.717, 1.165) is 19.3 Å². The van der Waals surface area contributed by atoms with Crippen LogP contribution in [0.1, 0.15) is 52.4 Å². The molecule has 0 aromatic heterocycles. The SMILES string of the molecule is C=C1CCC[C@]2(C)C[C@H]3OC(=O)C4(C[C@H]4C)[C@H]3C[C@@H]12. The Balaban J connectivity index is 1.68. The van der Waals surface area contributed by atoms with Gasteiger partial charge in [-0.1, -0.05) is 26.0 Å². The largest absolute Gasteiger partial charge is 0.462 e. The molecule has 2 nitrogen and oxygen atoms in total. The molecule has 4 fully saturated rings. The number of fused-ring (bicyclic) bond motifs is 3. The average molecular weight is 260 g/mol. The minimum atomic E-state index is -0.0935. The summed E-state index contributed by atoms with van der Waals surface area (Å²) >= 11 is 0. The van der Waals surface area contributed by atoms with E-state index < -0.39 is 0 Å². The van der Waals surface area contributed by atoms with Crippen LogP contribution in [0.2, 0.25) is 0 Å². The molecular weight excluding hydrogens is 236 g/mol. The first-order valence-electron chi connectivity index (χ1n) is 7.86. The Morgan fingerprint density at radius 1 is 1.37 bits per heavy atom. The van der Waals surface area contributed by atoms with Crippen molar-refractivity contribution in [1.29, 1.82) is 0 Å². The third-order valence-corrected chi connectivity index (χ3v) is 6.85. The number of rotatable bonds is 0. The van der Waals surface area contributed by atoms with Gasteiger partial charge in [0, 0.05) is 5.92 Å². The highest BCUT2D eigenvalue weighted by Gasteiger charge is 2.71. The average Bonchev–Trinajstić information content (AvgIpc) is 2.93. The number of carbonyl (C=O) groups is 1. The van der Waals surface area contributed by atoms with Crippen molar-refractivity contribution in [3.63, 3.8) is 0 Å². The molecule has 1 spiro atoms. The van der Waals surface area contributed by atoms with Crippen molar-refractivity contribution in [2.45, 2.75) is 58.5 Å². The summed E-state index contributed by atoms with van der Waals surface area (Å²) in [5.74, 6) is 1.75. The fraction of sp³-hybridized carbons (Fsp3) is 0.824. The zero-order valence-electron chi connectivity index (χ0n) is 12.1. The van der Waals surface area contributed by atoms with Crippen molar-refractivity contribution >= 4 is 5.97 Å². The minimum absolute atomic E-state index is 0.0935. The number of hydrogen-bond acceptors (Lipinski definition) is 2. The van der Waals surface area contributed by atoms with E-state index >= 15 is 0 Å². The molecule has 3 saturated carbocycles. The van der Waals surface area contributed by atoms with E-state index in [1.165, 1.54) is 24.8 Å². The zero-order valence-corrected chi connectivity index (χ0v) is 12.1. The van der Waals surface area contributed by atoms with Gasteiger partial charge in [0.2, 0.25) is 0 Å². The summed E-state index contributed by atoms with van der Waals surface area (Å²) in [7, 11) is 0. The van der Waals surface area contributed by atoms with Gasteiger partial charge in [0.15, 0.2) is 0 Å². The molecule has 0 N–H and O–H groups in total. The summed E-state index contributed by atoms with van der Waals surface area (Å²) in [5.41, 5.74) is 1.68. The molecule has 1 saturated heterocycles. The van der Waals surface area contributed by atoms with E-state index in [0.29, 0.717) is 23.2 Å². The Morgan fingerprint density at radius 2 is 2.11 bits per heavy atom. The highest BCUT2D eigenvalue weighted by molar-refractivity contribution is 5.83. The maximum atomic E-state index is 12.3. The first kappa shape index (κ1) is 12.0. The maximum absolute atomic E-state index is 12.3. The van der Waals surface area contributed by atoms with E-state index in [4.69, 9.17) is 4.74 Å². The molecule has 6 atom stereocenters. The topological polar surface area (TPSA) is 26.3 Å². The van der Waals surface area contributed by atoms with Crippen molar-refractivity contribution in [2.75, 3.05) is 0 Å². The van der Waals surface area contributed by atoms with Gasteiger partial charge < -0.3 is 4.74 Å². The van der Waals surface area contributed by atoms with Crippen LogP contribution in [0.15, 0.2) is 12.2 Å². The first-order chi connectivity index (χ1) is 8.97. The van der Waals surface area contributed by atoms with Gasteiger partial charge in [-0.15, -0.1) is 0 Å². The van der Waals surface area contributed by atoms with Crippen molar-refractivity contribution < 1.29 is 9.53 Å². The van der Waals surface area contributed by atoms with Gasteiger partial charge in [0.1, 0.15) is 6.10 Å². The van der Waals surface area contributed by atoms with Crippen molar-refractivity contribution in [3.05, 3.63) is 12.2 Å². The highest BCUT2D eigenvalue weighted by atomic mass is 16.6. The van der Waals surface area contributed by atoms with Crippen LogP contribution in [-0.4, -0.2) is 12.1 Å². The molecule has 4 rings (SSSR count). The number of esters is 1. The maximum Gasteiger partial charge on any atom is 0.313 e. The van der Waals surface area contributed by atoms with Crippen LogP contribution in [0.5, 0.6) is 0 Å². The summed E-state index contributed by atoms with van der Waals surface area (Å²) < 4.78 is 5.79. The summed E-state index contributed by atoms with van der Waals surface area (Å²) in [6, 6.07) is 0. The molecule has 0 amide bonds. The van der Waals surface area contributed by atoms with Crippen molar-refractivity contribution in [2.24, 2.45) is 28.6 Å². The fourth-order valence-electron chi connectivity index (χ4n) is 5.58. The third-order valence-electron chi connectivity index (χ3n) is 6.85. The van der Waals surface area contributed by atoms with Gasteiger partial charge in [-0.25, -0.2) is 0 Å². The minimum Gasteiger partial charge on any atom is -0.462 e. The second-order valence-corrected chi connectivity index (χ2v) is 7.85. The number of ether oxygens (including phenoxy) is 1. The number of carbonyl (C=O) groups excluding carboxylic acids is 1.